The summed E-state index contributed by atoms with van der Waals surface area (Å²) in [4.78, 5) is 16.1. The molecule has 7 nitrogen and oxygen atoms in total. The van der Waals surface area contributed by atoms with Crippen LogP contribution in [0, 0.1) is 6.92 Å². The number of aromatic nitrogens is 4. The van der Waals surface area contributed by atoms with Gasteiger partial charge in [-0.2, -0.15) is 17.5 Å². The van der Waals surface area contributed by atoms with Gasteiger partial charge in [0.2, 0.25) is 0 Å². The highest BCUT2D eigenvalue weighted by Crippen LogP contribution is 2.29. The third-order valence-corrected chi connectivity index (χ3v) is 6.01. The minimum Gasteiger partial charge on any atom is -0.264 e. The van der Waals surface area contributed by atoms with Gasteiger partial charge in [0.15, 0.2) is 5.69 Å². The van der Waals surface area contributed by atoms with E-state index in [4.69, 9.17) is 23.2 Å². The Balaban J connectivity index is 1.96. The van der Waals surface area contributed by atoms with Gasteiger partial charge >= 0.3 is 12.1 Å². The summed E-state index contributed by atoms with van der Waals surface area (Å²) >= 11 is 12.0. The molecule has 0 saturated heterocycles. The molecule has 0 radical (unpaired) electrons. The number of benzene rings is 1. The fourth-order valence-corrected chi connectivity index (χ4v) is 3.98. The standard InChI is InChI=1S/C17H12Cl2F3N5O2S/c1-9-15(24-26-27(9)13-5-4-11(18)7-12(13)19)16(28)25-30(2,29)14-6-3-10(8-23-14)17(20,21)22/h3-8H,1-2H3. The van der Waals surface area contributed by atoms with Crippen molar-refractivity contribution in [3.8, 4) is 5.69 Å². The number of pyridine rings is 1. The third-order valence-electron chi connectivity index (χ3n) is 3.94. The number of rotatable bonds is 3. The lowest BCUT2D eigenvalue weighted by Gasteiger charge is -2.08. The number of alkyl halides is 3. The number of nitrogens with zero attached hydrogens (tertiary/aromatic N) is 5. The Morgan fingerprint density at radius 2 is 1.90 bits per heavy atom. The van der Waals surface area contributed by atoms with Gasteiger partial charge in [0.25, 0.3) is 0 Å². The smallest absolute Gasteiger partial charge is 0.264 e. The zero-order chi connectivity index (χ0) is 22.3. The van der Waals surface area contributed by atoms with Gasteiger partial charge in [-0.15, -0.1) is 5.10 Å². The van der Waals surface area contributed by atoms with Crippen molar-refractivity contribution in [3.05, 3.63) is 63.5 Å². The summed E-state index contributed by atoms with van der Waals surface area (Å²) in [5, 5.41) is 8.03. The predicted molar refractivity (Wildman–Crippen MR) is 104 cm³/mol. The highest BCUT2D eigenvalue weighted by atomic mass is 35.5. The van der Waals surface area contributed by atoms with Crippen LogP contribution in [0.4, 0.5) is 13.2 Å². The molecule has 0 spiro atoms. The fourth-order valence-electron chi connectivity index (χ4n) is 2.43. The molecule has 2 heterocycles. The van der Waals surface area contributed by atoms with Gasteiger partial charge in [-0.05, 0) is 37.3 Å². The van der Waals surface area contributed by atoms with Crippen LogP contribution in [0.3, 0.4) is 0 Å². The topological polar surface area (TPSA) is 90.1 Å². The molecule has 3 rings (SSSR count). The van der Waals surface area contributed by atoms with Gasteiger partial charge in [-0.3, -0.25) is 4.79 Å². The fraction of sp³-hybridized carbons (Fsp3) is 0.176. The average Bonchev–Trinajstić information content (AvgIpc) is 3.02. The minimum absolute atomic E-state index is 0.192. The van der Waals surface area contributed by atoms with Crippen LogP contribution in [0.15, 0.2) is 45.9 Å². The van der Waals surface area contributed by atoms with E-state index in [2.05, 4.69) is 19.7 Å². The first-order chi connectivity index (χ1) is 13.9. The van der Waals surface area contributed by atoms with E-state index in [-0.39, 0.29) is 21.4 Å². The molecule has 0 saturated carbocycles. The lowest BCUT2D eigenvalue weighted by molar-refractivity contribution is -0.137. The van der Waals surface area contributed by atoms with E-state index in [0.29, 0.717) is 16.9 Å². The monoisotopic (exact) mass is 477 g/mol. The summed E-state index contributed by atoms with van der Waals surface area (Å²) in [7, 11) is -3.43. The molecule has 1 unspecified atom stereocenters. The highest BCUT2D eigenvalue weighted by Gasteiger charge is 2.31. The molecule has 30 heavy (non-hydrogen) atoms. The van der Waals surface area contributed by atoms with Gasteiger partial charge in [-0.25, -0.2) is 13.9 Å². The summed E-state index contributed by atoms with van der Waals surface area (Å²) in [6.45, 7) is 1.53. The Labute approximate surface area is 179 Å². The molecule has 1 aromatic carbocycles. The second-order valence-corrected chi connectivity index (χ2v) is 9.16. The number of carbonyl (C=O) groups excluding carboxylic acids is 1. The van der Waals surface area contributed by atoms with E-state index in [0.717, 1.165) is 18.4 Å². The largest absolute Gasteiger partial charge is 0.417 e. The third kappa shape index (κ3) is 4.47. The van der Waals surface area contributed by atoms with Gasteiger partial charge in [0.1, 0.15) is 5.03 Å². The Bertz CT molecular complexity index is 1250. The SMILES string of the molecule is Cc1c(C(=O)N=S(C)(=O)c2ccc(C(F)(F)F)cn2)nnn1-c1ccc(Cl)cc1Cl. The molecule has 0 N–H and O–H groups in total. The summed E-state index contributed by atoms with van der Waals surface area (Å²) in [6, 6.07) is 6.27. The van der Waals surface area contributed by atoms with Crippen LogP contribution in [0.25, 0.3) is 5.69 Å². The van der Waals surface area contributed by atoms with Gasteiger partial charge < -0.3 is 0 Å². The summed E-state index contributed by atoms with van der Waals surface area (Å²) in [6.07, 6.45) is -2.97. The van der Waals surface area contributed by atoms with Gasteiger partial charge in [0, 0.05) is 17.5 Å². The number of carbonyl (C=O) groups is 1. The summed E-state index contributed by atoms with van der Waals surface area (Å²) < 4.78 is 55.7. The van der Waals surface area contributed by atoms with Crippen LogP contribution in [0.2, 0.25) is 10.0 Å². The van der Waals surface area contributed by atoms with Crippen molar-refractivity contribution in [1.29, 1.82) is 0 Å². The molecule has 0 aliphatic carbocycles. The van der Waals surface area contributed by atoms with Crippen LogP contribution in [0.5, 0.6) is 0 Å². The molecular weight excluding hydrogens is 466 g/mol. The van der Waals surface area contributed by atoms with E-state index in [1.807, 2.05) is 0 Å². The van der Waals surface area contributed by atoms with Crippen molar-refractivity contribution in [1.82, 2.24) is 20.0 Å². The maximum Gasteiger partial charge on any atom is 0.417 e. The molecule has 0 bridgehead atoms. The first-order valence-corrected chi connectivity index (χ1v) is 10.8. The molecule has 3 aromatic rings. The van der Waals surface area contributed by atoms with Crippen molar-refractivity contribution in [3.63, 3.8) is 0 Å². The molecule has 0 fully saturated rings. The predicted octanol–water partition coefficient (Wildman–Crippen LogP) is 4.59. The van der Waals surface area contributed by atoms with Crippen LogP contribution in [-0.4, -0.2) is 36.3 Å². The zero-order valence-electron chi connectivity index (χ0n) is 15.3. The van der Waals surface area contributed by atoms with Crippen LogP contribution >= 0.6 is 23.2 Å². The summed E-state index contributed by atoms with van der Waals surface area (Å²) in [5.74, 6) is -0.960. The first kappa shape index (κ1) is 22.2. The Morgan fingerprint density at radius 1 is 1.20 bits per heavy atom. The first-order valence-electron chi connectivity index (χ1n) is 8.07. The van der Waals surface area contributed by atoms with Crippen LogP contribution < -0.4 is 0 Å². The molecule has 0 aliphatic heterocycles. The van der Waals surface area contributed by atoms with E-state index in [9.17, 15) is 22.2 Å². The number of hydrogen-bond donors (Lipinski definition) is 0. The molecule has 2 aromatic heterocycles. The maximum atomic E-state index is 12.8. The van der Waals surface area contributed by atoms with Crippen molar-refractivity contribution >= 4 is 38.8 Å². The molecule has 158 valence electrons. The van der Waals surface area contributed by atoms with E-state index in [1.54, 1.807) is 12.1 Å². The lowest BCUT2D eigenvalue weighted by Crippen LogP contribution is -2.10. The summed E-state index contributed by atoms with van der Waals surface area (Å²) in [5.41, 5.74) is -0.524. The number of hydrogen-bond acceptors (Lipinski definition) is 5. The van der Waals surface area contributed by atoms with Crippen LogP contribution in [0.1, 0.15) is 21.7 Å². The van der Waals surface area contributed by atoms with Crippen molar-refractivity contribution in [2.75, 3.05) is 6.26 Å². The van der Waals surface area contributed by atoms with Crippen LogP contribution in [-0.2, 0) is 15.9 Å². The van der Waals surface area contributed by atoms with Crippen molar-refractivity contribution < 1.29 is 22.2 Å². The normalized spacial score (nSPS) is 13.7. The van der Waals surface area contributed by atoms with E-state index in [1.165, 1.54) is 17.7 Å². The highest BCUT2D eigenvalue weighted by molar-refractivity contribution is 7.93. The average molecular weight is 478 g/mol. The zero-order valence-corrected chi connectivity index (χ0v) is 17.6. The quantitative estimate of drug-likeness (QED) is 0.549. The molecule has 0 aliphatic rings. The van der Waals surface area contributed by atoms with E-state index < -0.39 is 27.4 Å². The number of halogens is 5. The second kappa shape index (κ2) is 7.97. The molecule has 1 atom stereocenters. The molecule has 1 amide bonds. The second-order valence-electron chi connectivity index (χ2n) is 6.11. The number of amides is 1. The maximum absolute atomic E-state index is 12.8. The minimum atomic E-state index is -4.59. The van der Waals surface area contributed by atoms with Crippen molar-refractivity contribution in [2.24, 2.45) is 4.36 Å². The molecule has 13 heteroatoms. The van der Waals surface area contributed by atoms with E-state index >= 15 is 0 Å². The Morgan fingerprint density at radius 3 is 2.47 bits per heavy atom. The van der Waals surface area contributed by atoms with Gasteiger partial charge in [0.05, 0.1) is 31.7 Å². The van der Waals surface area contributed by atoms with Crippen molar-refractivity contribution in [2.45, 2.75) is 18.1 Å². The van der Waals surface area contributed by atoms with Gasteiger partial charge in [-0.1, -0.05) is 28.4 Å². The molecular formula is C17H12Cl2F3N5O2S. The Hall–Kier alpha value is -2.50. The Kier molecular flexibility index (Phi) is 5.89. The lowest BCUT2D eigenvalue weighted by atomic mass is 10.3.